The summed E-state index contributed by atoms with van der Waals surface area (Å²) in [5.41, 5.74) is 12.3. The summed E-state index contributed by atoms with van der Waals surface area (Å²) in [6.07, 6.45) is 3.73. The maximum atomic E-state index is 8.49. The normalized spacial score (nSPS) is 11.8. The summed E-state index contributed by atoms with van der Waals surface area (Å²) in [5, 5.41) is 33.1. The maximum absolute atomic E-state index is 8.49. The second kappa shape index (κ2) is 22.4. The molecule has 4 heterocycles. The monoisotopic (exact) mass is 1090 g/mol. The van der Waals surface area contributed by atoms with E-state index in [1.165, 1.54) is 64.6 Å². The Labute approximate surface area is 442 Å². The molecule has 75 heavy (non-hydrogen) atoms. The van der Waals surface area contributed by atoms with Crippen molar-refractivity contribution in [3.8, 4) is 11.6 Å². The number of rotatable bonds is 8. The molecule has 0 aliphatic carbocycles. The number of pyridine rings is 2. The van der Waals surface area contributed by atoms with Crippen LogP contribution in [-0.4, -0.2) is 42.0 Å². The third-order valence-corrected chi connectivity index (χ3v) is 11.8. The molecular formula is C54H42Cl2CuN10O8. The van der Waals surface area contributed by atoms with Gasteiger partial charge in [0.2, 0.25) is 0 Å². The first kappa shape index (κ1) is 53.6. The summed E-state index contributed by atoms with van der Waals surface area (Å²) in [6, 6.07) is 54.7. The number of aromatic nitrogens is 6. The molecule has 21 heteroatoms. The van der Waals surface area contributed by atoms with Gasteiger partial charge in [-0.15, -0.1) is 20.5 Å². The summed E-state index contributed by atoms with van der Waals surface area (Å²) in [5.74, 6) is 2.87. The van der Waals surface area contributed by atoms with Crippen LogP contribution in [0, 0.1) is 48.2 Å². The van der Waals surface area contributed by atoms with Crippen molar-refractivity contribution in [2.24, 2.45) is 10.2 Å². The Bertz CT molecular complexity index is 3710. The molecular weight excluding hydrogens is 1050 g/mol. The maximum Gasteiger partial charge on any atom is 2.00 e. The Morgan fingerprint density at radius 3 is 1.05 bits per heavy atom. The fourth-order valence-corrected chi connectivity index (χ4v) is 9.01. The second-order valence-electron chi connectivity index (χ2n) is 17.0. The molecule has 0 atom stereocenters. The first-order chi connectivity index (χ1) is 35.3. The van der Waals surface area contributed by atoms with Crippen LogP contribution < -0.4 is 48.1 Å². The Morgan fingerprint density at radius 2 is 0.720 bits per heavy atom. The number of hydrogen-bond donors (Lipinski definition) is 2. The fourth-order valence-electron chi connectivity index (χ4n) is 9.01. The van der Waals surface area contributed by atoms with Gasteiger partial charge in [-0.3, -0.25) is 10.9 Å². The van der Waals surface area contributed by atoms with Gasteiger partial charge in [0.05, 0.1) is 23.8 Å². The molecule has 4 aromatic heterocycles. The largest absolute Gasteiger partial charge is 2.00 e. The van der Waals surface area contributed by atoms with Crippen LogP contribution in [0.2, 0.25) is 0 Å². The van der Waals surface area contributed by atoms with E-state index in [1.807, 2.05) is 98.0 Å². The zero-order valence-electron chi connectivity index (χ0n) is 40.1. The molecule has 0 aliphatic rings. The Hall–Kier alpha value is -7.72. The van der Waals surface area contributed by atoms with Crippen molar-refractivity contribution < 1.29 is 74.8 Å². The van der Waals surface area contributed by atoms with Crippen molar-refractivity contribution in [1.82, 2.24) is 29.5 Å². The van der Waals surface area contributed by atoms with Gasteiger partial charge in [0.15, 0.2) is 11.6 Å². The SMILES string of the molecule is Cc1cc(C)n(-c2cccc(N/N=C/c3ccc4ccc5cccc6ccc3c4c56)n2)n1.Cc1cc(C)n(-c2cccc(N/N=C/c3ccc4ccc5cccc6ccc3c4c56)n2)n1.[Cu+2].[O-][Cl+3]([O-])([O-])[O-].[O-][Cl+3]([O-])([O-])[O-]. The molecule has 1 radical (unpaired) electrons. The molecule has 381 valence electrons. The van der Waals surface area contributed by atoms with Crippen LogP contribution in [0.3, 0.4) is 0 Å². The van der Waals surface area contributed by atoms with E-state index in [9.17, 15) is 0 Å². The molecule has 0 fully saturated rings. The van der Waals surface area contributed by atoms with E-state index in [2.05, 4.69) is 150 Å². The van der Waals surface area contributed by atoms with Gasteiger partial charge in [0.25, 0.3) is 0 Å². The van der Waals surface area contributed by atoms with Gasteiger partial charge in [0, 0.05) is 22.5 Å². The average Bonchev–Trinajstić information content (AvgIpc) is 3.92. The molecule has 0 spiro atoms. The first-order valence-electron chi connectivity index (χ1n) is 22.5. The molecule has 8 aromatic carbocycles. The van der Waals surface area contributed by atoms with Crippen molar-refractivity contribution in [3.63, 3.8) is 0 Å². The van der Waals surface area contributed by atoms with Gasteiger partial charge in [-0.25, -0.2) is 56.6 Å². The Balaban J connectivity index is 0.000000167. The van der Waals surface area contributed by atoms with Crippen LogP contribution in [0.4, 0.5) is 11.6 Å². The molecule has 12 aromatic rings. The fraction of sp³-hybridized carbons (Fsp3) is 0.0741. The van der Waals surface area contributed by atoms with E-state index in [0.717, 1.165) is 45.5 Å². The standard InChI is InChI=1S/2C27H21N5.2ClHO4.Cu/c2*1-17-15-18(2)32(31-17)25-8-4-7-24(29-25)30-28-16-22-12-11-21-10-9-19-5-3-6-20-13-14-23(22)27(21)26(19)20;2*2-1(3,4)5;/h2*3-16H,1-2H3,(H,29,30);2*(H,2,3,4,5);/q;;;;+2/p-2/b2*28-16+;;;. The third kappa shape index (κ3) is 12.8. The van der Waals surface area contributed by atoms with E-state index in [-0.39, 0.29) is 17.1 Å². The van der Waals surface area contributed by atoms with Crippen LogP contribution in [-0.2, 0) is 17.1 Å². The number of aryl methyl sites for hydroxylation is 4. The molecule has 0 bridgehead atoms. The van der Waals surface area contributed by atoms with Crippen molar-refractivity contribution in [2.75, 3.05) is 10.9 Å². The van der Waals surface area contributed by atoms with Gasteiger partial charge in [-0.1, -0.05) is 121 Å². The van der Waals surface area contributed by atoms with Crippen molar-refractivity contribution in [3.05, 3.63) is 192 Å². The van der Waals surface area contributed by atoms with Gasteiger partial charge < -0.3 is 0 Å². The van der Waals surface area contributed by atoms with E-state index >= 15 is 0 Å². The number of hydrogen-bond acceptors (Lipinski definition) is 16. The van der Waals surface area contributed by atoms with Crippen molar-refractivity contribution >= 4 is 88.7 Å². The van der Waals surface area contributed by atoms with Crippen LogP contribution >= 0.6 is 0 Å². The topological polar surface area (TPSA) is 295 Å². The van der Waals surface area contributed by atoms with Crippen LogP contribution in [0.15, 0.2) is 168 Å². The van der Waals surface area contributed by atoms with Gasteiger partial charge in [-0.2, -0.15) is 20.4 Å². The van der Waals surface area contributed by atoms with Crippen LogP contribution in [0.5, 0.6) is 0 Å². The zero-order valence-corrected chi connectivity index (χ0v) is 42.5. The summed E-state index contributed by atoms with van der Waals surface area (Å²) in [6.45, 7) is 8.00. The van der Waals surface area contributed by atoms with Crippen molar-refractivity contribution in [1.29, 1.82) is 0 Å². The molecule has 0 aliphatic heterocycles. The average molecular weight is 1090 g/mol. The number of halogens is 2. The number of anilines is 2. The summed E-state index contributed by atoms with van der Waals surface area (Å²) < 4.78 is 71.6. The summed E-state index contributed by atoms with van der Waals surface area (Å²) >= 11 is 0. The minimum Gasteiger partial charge on any atom is -0.261 e. The predicted molar refractivity (Wildman–Crippen MR) is 264 cm³/mol. The van der Waals surface area contributed by atoms with Crippen molar-refractivity contribution in [2.45, 2.75) is 27.7 Å². The number of nitrogens with zero attached hydrogens (tertiary/aromatic N) is 8. The van der Waals surface area contributed by atoms with Gasteiger partial charge >= 0.3 is 17.1 Å². The number of nitrogens with one attached hydrogen (secondary N) is 2. The molecule has 0 saturated carbocycles. The molecule has 18 nitrogen and oxygen atoms in total. The van der Waals surface area contributed by atoms with Crippen LogP contribution in [0.25, 0.3) is 76.3 Å². The quantitative estimate of drug-likeness (QED) is 0.0958. The van der Waals surface area contributed by atoms with Gasteiger partial charge in [0.1, 0.15) is 11.6 Å². The molecule has 0 amide bonds. The van der Waals surface area contributed by atoms with Crippen LogP contribution in [0.1, 0.15) is 33.9 Å². The molecule has 0 saturated heterocycles. The Morgan fingerprint density at radius 1 is 0.413 bits per heavy atom. The first-order valence-corrected chi connectivity index (χ1v) is 25.0. The minimum absolute atomic E-state index is 0. The summed E-state index contributed by atoms with van der Waals surface area (Å²) in [4.78, 5) is 9.31. The van der Waals surface area contributed by atoms with E-state index in [4.69, 9.17) is 37.3 Å². The third-order valence-electron chi connectivity index (χ3n) is 11.8. The van der Waals surface area contributed by atoms with Gasteiger partial charge in [-0.05, 0) is 129 Å². The predicted octanol–water partition coefficient (Wildman–Crippen LogP) is 2.94. The molecule has 12 rings (SSSR count). The van der Waals surface area contributed by atoms with E-state index in [0.29, 0.717) is 11.6 Å². The zero-order chi connectivity index (χ0) is 52.3. The number of benzene rings is 8. The van der Waals surface area contributed by atoms with E-state index in [1.54, 1.807) is 0 Å². The number of hydrazone groups is 2. The van der Waals surface area contributed by atoms with E-state index < -0.39 is 20.5 Å². The Kier molecular flexibility index (Phi) is 16.0. The second-order valence-corrected chi connectivity index (χ2v) is 18.5. The molecule has 0 unspecified atom stereocenters. The summed E-state index contributed by atoms with van der Waals surface area (Å²) in [7, 11) is -9.89. The molecule has 2 N–H and O–H groups in total. The smallest absolute Gasteiger partial charge is 0.261 e. The minimum atomic E-state index is -4.94.